The van der Waals surface area contributed by atoms with Gasteiger partial charge in [0, 0.05) is 24.8 Å². The van der Waals surface area contributed by atoms with Gasteiger partial charge in [0.2, 0.25) is 0 Å². The molecular formula is C23H40N4O. The molecule has 1 aromatic rings. The van der Waals surface area contributed by atoms with Crippen LogP contribution in [0.4, 0.5) is 5.69 Å². The zero-order valence-corrected chi connectivity index (χ0v) is 18.3. The van der Waals surface area contributed by atoms with Crippen LogP contribution in [0.25, 0.3) is 0 Å². The van der Waals surface area contributed by atoms with Gasteiger partial charge in [-0.25, -0.2) is 0 Å². The number of guanidine groups is 1. The normalized spacial score (nSPS) is 18.2. The number of hydrogen-bond acceptors (Lipinski definition) is 3. The van der Waals surface area contributed by atoms with Gasteiger partial charge in [0.25, 0.3) is 0 Å². The first-order chi connectivity index (χ1) is 13.4. The first kappa shape index (κ1) is 22.5. The van der Waals surface area contributed by atoms with Gasteiger partial charge in [-0.05, 0) is 68.8 Å². The highest BCUT2D eigenvalue weighted by molar-refractivity contribution is 5.94. The second-order valence-electron chi connectivity index (χ2n) is 8.75. The minimum absolute atomic E-state index is 0.00212. The van der Waals surface area contributed by atoms with E-state index >= 15 is 0 Å². The summed E-state index contributed by atoms with van der Waals surface area (Å²) >= 11 is 0. The number of likely N-dealkylation sites (tertiary alicyclic amines) is 1. The van der Waals surface area contributed by atoms with Crippen LogP contribution in [-0.4, -0.2) is 43.1 Å². The van der Waals surface area contributed by atoms with Crippen molar-refractivity contribution in [3.05, 3.63) is 24.3 Å². The van der Waals surface area contributed by atoms with Crippen LogP contribution in [0.15, 0.2) is 29.3 Å². The van der Waals surface area contributed by atoms with E-state index in [1.54, 1.807) is 0 Å². The van der Waals surface area contributed by atoms with Gasteiger partial charge in [0.1, 0.15) is 5.75 Å². The molecule has 3 N–H and O–H groups in total. The van der Waals surface area contributed by atoms with E-state index in [0.29, 0.717) is 19.1 Å². The van der Waals surface area contributed by atoms with E-state index in [0.717, 1.165) is 37.0 Å². The fourth-order valence-electron chi connectivity index (χ4n) is 3.27. The van der Waals surface area contributed by atoms with E-state index in [1.165, 1.54) is 32.1 Å². The summed E-state index contributed by atoms with van der Waals surface area (Å²) in [6.07, 6.45) is 7.26. The molecule has 1 unspecified atom stereocenters. The summed E-state index contributed by atoms with van der Waals surface area (Å²) in [5, 5.41) is 3.56. The average Bonchev–Trinajstić information content (AvgIpc) is 2.70. The number of nitrogens with two attached hydrogens (primary N) is 1. The standard InChI is InChI=1S/C23H40N4O/c1-5-6-9-16-28-21-13-11-20(12-14-21)26-22(25-18-23(3,4)17-24)27-15-8-7-10-19(27)2/h11-14,19H,5-10,15-18,24H2,1-4H3,(H,25,26). The van der Waals surface area contributed by atoms with Crippen LogP contribution in [0.1, 0.15) is 66.2 Å². The summed E-state index contributed by atoms with van der Waals surface area (Å²) in [6.45, 7) is 12.0. The summed E-state index contributed by atoms with van der Waals surface area (Å²) in [7, 11) is 0. The predicted molar refractivity (Wildman–Crippen MR) is 120 cm³/mol. The lowest BCUT2D eigenvalue weighted by molar-refractivity contribution is 0.255. The van der Waals surface area contributed by atoms with Crippen molar-refractivity contribution in [3.8, 4) is 5.75 Å². The Bertz CT molecular complexity index is 597. The van der Waals surface area contributed by atoms with Gasteiger partial charge < -0.3 is 20.7 Å². The Labute approximate surface area is 171 Å². The Morgan fingerprint density at radius 3 is 2.64 bits per heavy atom. The van der Waals surface area contributed by atoms with Gasteiger partial charge >= 0.3 is 0 Å². The van der Waals surface area contributed by atoms with Crippen LogP contribution in [0.2, 0.25) is 0 Å². The summed E-state index contributed by atoms with van der Waals surface area (Å²) in [4.78, 5) is 7.36. The molecule has 0 radical (unpaired) electrons. The largest absolute Gasteiger partial charge is 0.494 e. The van der Waals surface area contributed by atoms with Crippen LogP contribution in [-0.2, 0) is 0 Å². The molecule has 1 aliphatic heterocycles. The number of anilines is 1. The van der Waals surface area contributed by atoms with Gasteiger partial charge in [-0.2, -0.15) is 0 Å². The van der Waals surface area contributed by atoms with E-state index in [9.17, 15) is 0 Å². The SMILES string of the molecule is CCCCCOc1ccc(NC(=NCC(C)(C)CN)N2CCCCC2C)cc1. The van der Waals surface area contributed by atoms with Gasteiger partial charge in [-0.3, -0.25) is 4.99 Å². The molecule has 1 fully saturated rings. The third kappa shape index (κ3) is 7.34. The van der Waals surface area contributed by atoms with Gasteiger partial charge in [-0.1, -0.05) is 33.6 Å². The number of nitrogens with zero attached hydrogens (tertiary/aromatic N) is 2. The highest BCUT2D eigenvalue weighted by Gasteiger charge is 2.23. The molecule has 1 atom stereocenters. The third-order valence-electron chi connectivity index (χ3n) is 5.41. The topological polar surface area (TPSA) is 62.9 Å². The molecule has 0 spiro atoms. The molecule has 5 nitrogen and oxygen atoms in total. The van der Waals surface area contributed by atoms with E-state index in [1.807, 2.05) is 12.1 Å². The molecule has 1 heterocycles. The highest BCUT2D eigenvalue weighted by Crippen LogP contribution is 2.21. The number of benzene rings is 1. The quantitative estimate of drug-likeness (QED) is 0.359. The Morgan fingerprint density at radius 2 is 2.00 bits per heavy atom. The third-order valence-corrected chi connectivity index (χ3v) is 5.41. The van der Waals surface area contributed by atoms with Crippen molar-refractivity contribution in [2.24, 2.45) is 16.1 Å². The van der Waals surface area contributed by atoms with Crippen molar-refractivity contribution in [2.75, 3.05) is 31.6 Å². The Balaban J connectivity index is 2.05. The summed E-state index contributed by atoms with van der Waals surface area (Å²) < 4.78 is 5.83. The van der Waals surface area contributed by atoms with Crippen LogP contribution in [0, 0.1) is 5.41 Å². The van der Waals surface area contributed by atoms with Gasteiger partial charge in [-0.15, -0.1) is 0 Å². The number of hydrogen-bond donors (Lipinski definition) is 2. The molecule has 0 aliphatic carbocycles. The molecule has 5 heteroatoms. The summed E-state index contributed by atoms with van der Waals surface area (Å²) in [5.74, 6) is 1.89. The first-order valence-electron chi connectivity index (χ1n) is 11.0. The monoisotopic (exact) mass is 388 g/mol. The van der Waals surface area contributed by atoms with Gasteiger partial charge in [0.05, 0.1) is 6.61 Å². The van der Waals surface area contributed by atoms with Crippen LogP contribution >= 0.6 is 0 Å². The molecule has 158 valence electrons. The lowest BCUT2D eigenvalue weighted by Crippen LogP contribution is -2.46. The maximum atomic E-state index is 5.91. The van der Waals surface area contributed by atoms with Crippen molar-refractivity contribution in [3.63, 3.8) is 0 Å². The molecular weight excluding hydrogens is 348 g/mol. The molecule has 0 amide bonds. The molecule has 28 heavy (non-hydrogen) atoms. The fourth-order valence-corrected chi connectivity index (χ4v) is 3.27. The van der Waals surface area contributed by atoms with E-state index in [4.69, 9.17) is 15.5 Å². The fraction of sp³-hybridized carbons (Fsp3) is 0.696. The Morgan fingerprint density at radius 1 is 1.25 bits per heavy atom. The number of ether oxygens (including phenoxy) is 1. The zero-order chi connectivity index (χ0) is 20.4. The van der Waals surface area contributed by atoms with Crippen LogP contribution in [0.3, 0.4) is 0 Å². The van der Waals surface area contributed by atoms with Crippen molar-refractivity contribution in [2.45, 2.75) is 72.3 Å². The molecule has 0 aromatic heterocycles. The predicted octanol–water partition coefficient (Wildman–Crippen LogP) is 4.88. The maximum absolute atomic E-state index is 5.91. The number of rotatable bonds is 9. The number of unbranched alkanes of at least 4 members (excludes halogenated alkanes) is 2. The number of aliphatic imine (C=N–C) groups is 1. The Hall–Kier alpha value is -1.75. The van der Waals surface area contributed by atoms with Crippen LogP contribution in [0.5, 0.6) is 5.75 Å². The molecule has 1 aromatic carbocycles. The second kappa shape index (κ2) is 11.3. The van der Waals surface area contributed by atoms with E-state index in [-0.39, 0.29) is 5.41 Å². The van der Waals surface area contributed by atoms with Crippen molar-refractivity contribution in [1.82, 2.24) is 4.90 Å². The second-order valence-corrected chi connectivity index (χ2v) is 8.75. The van der Waals surface area contributed by atoms with Crippen molar-refractivity contribution >= 4 is 11.6 Å². The maximum Gasteiger partial charge on any atom is 0.198 e. The lowest BCUT2D eigenvalue weighted by atomic mass is 9.94. The molecule has 1 aliphatic rings. The molecule has 2 rings (SSSR count). The summed E-state index contributed by atoms with van der Waals surface area (Å²) in [5.41, 5.74) is 6.96. The minimum atomic E-state index is 0.00212. The van der Waals surface area contributed by atoms with Gasteiger partial charge in [0.15, 0.2) is 5.96 Å². The van der Waals surface area contributed by atoms with E-state index in [2.05, 4.69) is 50.0 Å². The Kier molecular flexibility index (Phi) is 9.10. The highest BCUT2D eigenvalue weighted by atomic mass is 16.5. The number of nitrogens with one attached hydrogen (secondary N) is 1. The average molecular weight is 389 g/mol. The van der Waals surface area contributed by atoms with Crippen LogP contribution < -0.4 is 15.8 Å². The number of piperidine rings is 1. The molecule has 1 saturated heterocycles. The minimum Gasteiger partial charge on any atom is -0.494 e. The smallest absolute Gasteiger partial charge is 0.198 e. The molecule has 0 bridgehead atoms. The first-order valence-corrected chi connectivity index (χ1v) is 11.0. The summed E-state index contributed by atoms with van der Waals surface area (Å²) in [6, 6.07) is 8.73. The van der Waals surface area contributed by atoms with E-state index < -0.39 is 0 Å². The van der Waals surface area contributed by atoms with Crippen molar-refractivity contribution in [1.29, 1.82) is 0 Å². The molecule has 0 saturated carbocycles. The zero-order valence-electron chi connectivity index (χ0n) is 18.3. The van der Waals surface area contributed by atoms with Crippen molar-refractivity contribution < 1.29 is 4.74 Å². The lowest BCUT2D eigenvalue weighted by Gasteiger charge is -2.36.